The van der Waals surface area contributed by atoms with E-state index in [1.807, 2.05) is 36.4 Å². The minimum Gasteiger partial charge on any atom is -0.309 e. The topological polar surface area (TPSA) is 89.4 Å². The van der Waals surface area contributed by atoms with E-state index in [0.29, 0.717) is 23.3 Å². The van der Waals surface area contributed by atoms with E-state index in [4.69, 9.17) is 0 Å². The van der Waals surface area contributed by atoms with E-state index in [0.717, 1.165) is 11.3 Å². The van der Waals surface area contributed by atoms with Gasteiger partial charge in [0.1, 0.15) is 5.82 Å². The Bertz CT molecular complexity index is 903. The molecule has 0 atom stereocenters. The predicted octanol–water partition coefficient (Wildman–Crippen LogP) is 3.13. The van der Waals surface area contributed by atoms with Crippen LogP contribution in [0.25, 0.3) is 22.8 Å². The molecule has 0 fully saturated rings. The van der Waals surface area contributed by atoms with Crippen LogP contribution in [0.1, 0.15) is 0 Å². The quantitative estimate of drug-likeness (QED) is 0.616. The Hall–Kier alpha value is -3.74. The van der Waals surface area contributed by atoms with Crippen molar-refractivity contribution in [3.05, 3.63) is 73.4 Å². The normalized spacial score (nSPS) is 10.4. The number of hydrogen-bond donors (Lipinski definition) is 1. The van der Waals surface area contributed by atoms with Crippen molar-refractivity contribution in [2.75, 3.05) is 5.32 Å². The Labute approximate surface area is 143 Å². The summed E-state index contributed by atoms with van der Waals surface area (Å²) in [6.45, 7) is 0. The number of pyridine rings is 2. The zero-order valence-corrected chi connectivity index (χ0v) is 13.1. The highest BCUT2D eigenvalue weighted by atomic mass is 15.1. The lowest BCUT2D eigenvalue weighted by atomic mass is 10.2. The third kappa shape index (κ3) is 3.45. The van der Waals surface area contributed by atoms with Gasteiger partial charge in [-0.05, 0) is 30.3 Å². The molecule has 0 aliphatic carbocycles. The molecule has 0 radical (unpaired) electrons. The second-order valence-electron chi connectivity index (χ2n) is 5.11. The first-order chi connectivity index (χ1) is 12.4. The van der Waals surface area contributed by atoms with Crippen molar-refractivity contribution >= 4 is 11.8 Å². The molecule has 0 aliphatic rings. The van der Waals surface area contributed by atoms with Crippen molar-refractivity contribution in [1.29, 1.82) is 0 Å². The molecule has 4 heterocycles. The van der Waals surface area contributed by atoms with Crippen LogP contribution >= 0.6 is 0 Å². The highest BCUT2D eigenvalue weighted by Crippen LogP contribution is 2.23. The molecule has 0 saturated heterocycles. The second kappa shape index (κ2) is 6.79. The molecule has 4 aromatic heterocycles. The van der Waals surface area contributed by atoms with E-state index in [1.165, 1.54) is 0 Å². The summed E-state index contributed by atoms with van der Waals surface area (Å²) in [6, 6.07) is 13.0. The first kappa shape index (κ1) is 14.8. The van der Waals surface area contributed by atoms with Crippen LogP contribution < -0.4 is 5.32 Å². The molecule has 1 N–H and O–H groups in total. The van der Waals surface area contributed by atoms with Gasteiger partial charge in [-0.1, -0.05) is 6.07 Å². The number of aromatic nitrogens is 6. The number of hydrogen-bond acceptors (Lipinski definition) is 7. The van der Waals surface area contributed by atoms with Crippen LogP contribution in [-0.2, 0) is 0 Å². The van der Waals surface area contributed by atoms with Gasteiger partial charge in [0.05, 0.1) is 11.4 Å². The van der Waals surface area contributed by atoms with Gasteiger partial charge in [-0.3, -0.25) is 9.97 Å². The second-order valence-corrected chi connectivity index (χ2v) is 5.11. The van der Waals surface area contributed by atoms with E-state index < -0.39 is 0 Å². The molecule has 0 bridgehead atoms. The molecule has 7 heteroatoms. The Morgan fingerprint density at radius 2 is 1.48 bits per heavy atom. The lowest BCUT2D eigenvalue weighted by Crippen LogP contribution is -2.02. The smallest absolute Gasteiger partial charge is 0.228 e. The summed E-state index contributed by atoms with van der Waals surface area (Å²) in [5.41, 5.74) is 2.34. The van der Waals surface area contributed by atoms with Crippen molar-refractivity contribution in [1.82, 2.24) is 29.9 Å². The van der Waals surface area contributed by atoms with Crippen LogP contribution in [0.5, 0.6) is 0 Å². The van der Waals surface area contributed by atoms with Gasteiger partial charge in [-0.2, -0.15) is 0 Å². The molecule has 0 saturated carbocycles. The summed E-state index contributed by atoms with van der Waals surface area (Å²) in [5.74, 6) is 1.63. The third-order valence-corrected chi connectivity index (χ3v) is 3.40. The number of nitrogens with one attached hydrogen (secondary N) is 1. The highest BCUT2D eigenvalue weighted by Gasteiger charge is 2.10. The van der Waals surface area contributed by atoms with Crippen LogP contribution in [0.15, 0.2) is 73.4 Å². The molecule has 0 unspecified atom stereocenters. The molecule has 4 aromatic rings. The zero-order chi connectivity index (χ0) is 16.9. The summed E-state index contributed by atoms with van der Waals surface area (Å²) < 4.78 is 0. The monoisotopic (exact) mass is 327 g/mol. The average Bonchev–Trinajstić information content (AvgIpc) is 2.70. The van der Waals surface area contributed by atoms with Crippen molar-refractivity contribution in [2.45, 2.75) is 0 Å². The minimum atomic E-state index is 0.467. The van der Waals surface area contributed by atoms with E-state index >= 15 is 0 Å². The van der Waals surface area contributed by atoms with E-state index in [1.54, 1.807) is 37.1 Å². The van der Waals surface area contributed by atoms with Gasteiger partial charge in [0.25, 0.3) is 0 Å². The maximum absolute atomic E-state index is 4.63. The van der Waals surface area contributed by atoms with Gasteiger partial charge in [-0.25, -0.2) is 19.9 Å². The minimum absolute atomic E-state index is 0.467. The van der Waals surface area contributed by atoms with Crippen molar-refractivity contribution in [2.24, 2.45) is 0 Å². The van der Waals surface area contributed by atoms with Gasteiger partial charge >= 0.3 is 0 Å². The van der Waals surface area contributed by atoms with Gasteiger partial charge in [0, 0.05) is 42.6 Å². The van der Waals surface area contributed by atoms with Crippen LogP contribution in [0.2, 0.25) is 0 Å². The number of nitrogens with zero attached hydrogens (tertiary/aromatic N) is 6. The van der Waals surface area contributed by atoms with Crippen molar-refractivity contribution < 1.29 is 0 Å². The third-order valence-electron chi connectivity index (χ3n) is 3.40. The SMILES string of the molecule is c1ccc(-c2cc(Nc3ncccn3)nc(-c3ccncc3)n2)nc1. The largest absolute Gasteiger partial charge is 0.309 e. The maximum Gasteiger partial charge on any atom is 0.228 e. The Morgan fingerprint density at radius 1 is 0.680 bits per heavy atom. The summed E-state index contributed by atoms with van der Waals surface area (Å²) in [7, 11) is 0. The average molecular weight is 327 g/mol. The van der Waals surface area contributed by atoms with Crippen LogP contribution in [0.3, 0.4) is 0 Å². The van der Waals surface area contributed by atoms with Crippen molar-refractivity contribution in [3.8, 4) is 22.8 Å². The summed E-state index contributed by atoms with van der Waals surface area (Å²) in [6.07, 6.45) is 8.48. The number of rotatable bonds is 4. The Kier molecular flexibility index (Phi) is 4.03. The van der Waals surface area contributed by atoms with Gasteiger partial charge in [0.2, 0.25) is 5.95 Å². The fourth-order valence-corrected chi connectivity index (χ4v) is 2.27. The molecular weight excluding hydrogens is 314 g/mol. The van der Waals surface area contributed by atoms with Gasteiger partial charge in [0.15, 0.2) is 5.82 Å². The van der Waals surface area contributed by atoms with Crippen LogP contribution in [-0.4, -0.2) is 29.9 Å². The van der Waals surface area contributed by atoms with E-state index in [2.05, 4.69) is 35.2 Å². The molecule has 120 valence electrons. The Morgan fingerprint density at radius 3 is 2.24 bits per heavy atom. The molecular formula is C18H13N7. The first-order valence-electron chi connectivity index (χ1n) is 7.63. The molecule has 0 aliphatic heterocycles. The summed E-state index contributed by atoms with van der Waals surface area (Å²) in [4.78, 5) is 25.9. The molecule has 25 heavy (non-hydrogen) atoms. The van der Waals surface area contributed by atoms with E-state index in [-0.39, 0.29) is 0 Å². The summed E-state index contributed by atoms with van der Waals surface area (Å²) in [5, 5.41) is 3.11. The standard InChI is InChI=1S/C18H13N7/c1-2-7-20-14(4-1)15-12-16(25-18-21-8-3-9-22-18)24-17(23-15)13-5-10-19-11-6-13/h1-12H,(H,21,22,23,24,25). The number of anilines is 2. The van der Waals surface area contributed by atoms with Crippen LogP contribution in [0.4, 0.5) is 11.8 Å². The van der Waals surface area contributed by atoms with Gasteiger partial charge < -0.3 is 5.32 Å². The van der Waals surface area contributed by atoms with E-state index in [9.17, 15) is 0 Å². The van der Waals surface area contributed by atoms with Gasteiger partial charge in [-0.15, -0.1) is 0 Å². The molecule has 4 rings (SSSR count). The first-order valence-corrected chi connectivity index (χ1v) is 7.63. The molecule has 0 spiro atoms. The molecule has 0 aromatic carbocycles. The predicted molar refractivity (Wildman–Crippen MR) is 93.8 cm³/mol. The lowest BCUT2D eigenvalue weighted by Gasteiger charge is -2.09. The highest BCUT2D eigenvalue weighted by molar-refractivity contribution is 5.66. The maximum atomic E-state index is 4.63. The van der Waals surface area contributed by atoms with Crippen LogP contribution in [0, 0.1) is 0 Å². The zero-order valence-electron chi connectivity index (χ0n) is 13.1. The fourth-order valence-electron chi connectivity index (χ4n) is 2.27. The fraction of sp³-hybridized carbons (Fsp3) is 0. The Balaban J connectivity index is 1.80. The lowest BCUT2D eigenvalue weighted by molar-refractivity contribution is 1.12. The van der Waals surface area contributed by atoms with Crippen molar-refractivity contribution in [3.63, 3.8) is 0 Å². The molecule has 7 nitrogen and oxygen atoms in total. The summed E-state index contributed by atoms with van der Waals surface area (Å²) >= 11 is 0. The molecule has 0 amide bonds.